The van der Waals surface area contributed by atoms with Gasteiger partial charge in [0.05, 0.1) is 9.37 Å². The van der Waals surface area contributed by atoms with Crippen molar-refractivity contribution in [1.29, 1.82) is 0 Å². The molecule has 1 aromatic rings. The van der Waals surface area contributed by atoms with Crippen LogP contribution in [-0.2, 0) is 10.7 Å². The first-order chi connectivity index (χ1) is 5.11. The van der Waals surface area contributed by atoms with E-state index >= 15 is 0 Å². The Morgan fingerprint density at radius 3 is 2.45 bits per heavy atom. The van der Waals surface area contributed by atoms with E-state index in [9.17, 15) is 12.8 Å². The Labute approximate surface area is 73.1 Å². The lowest BCUT2D eigenvalue weighted by Gasteiger charge is -1.93. The van der Waals surface area contributed by atoms with E-state index in [1.807, 2.05) is 0 Å². The van der Waals surface area contributed by atoms with Crippen molar-refractivity contribution in [3.63, 3.8) is 0 Å². The van der Waals surface area contributed by atoms with Gasteiger partial charge in [-0.3, -0.25) is 0 Å². The first kappa shape index (κ1) is 8.67. The van der Waals surface area contributed by atoms with E-state index in [1.165, 1.54) is 12.1 Å². The molecular formula is C6H4BrFO2S. The molecule has 0 N–H and O–H groups in total. The average molecular weight is 239 g/mol. The molecule has 60 valence electrons. The zero-order valence-electron chi connectivity index (χ0n) is 5.25. The Morgan fingerprint density at radius 2 is 2.00 bits per heavy atom. The highest BCUT2D eigenvalue weighted by molar-refractivity contribution is 9.10. The van der Waals surface area contributed by atoms with Crippen LogP contribution in [-0.4, -0.2) is 8.42 Å². The van der Waals surface area contributed by atoms with Crippen LogP contribution in [0.4, 0.5) is 4.39 Å². The summed E-state index contributed by atoms with van der Waals surface area (Å²) in [5.41, 5.74) is 0. The summed E-state index contributed by atoms with van der Waals surface area (Å²) >= 11 is 2.91. The molecule has 0 aromatic heterocycles. The monoisotopic (exact) mass is 238 g/mol. The van der Waals surface area contributed by atoms with Crippen LogP contribution in [0.15, 0.2) is 27.6 Å². The maximum absolute atomic E-state index is 12.6. The van der Waals surface area contributed by atoms with Crippen molar-refractivity contribution in [3.8, 4) is 0 Å². The highest BCUT2D eigenvalue weighted by Crippen LogP contribution is 2.16. The molecule has 1 aromatic carbocycles. The summed E-state index contributed by atoms with van der Waals surface area (Å²) in [7, 11) is -2.68. The Bertz CT molecular complexity index is 340. The quantitative estimate of drug-likeness (QED) is 0.754. The van der Waals surface area contributed by atoms with Crippen molar-refractivity contribution >= 4 is 26.6 Å². The molecule has 0 bridgehead atoms. The van der Waals surface area contributed by atoms with Crippen molar-refractivity contribution in [2.24, 2.45) is 0 Å². The van der Waals surface area contributed by atoms with E-state index in [-0.39, 0.29) is 9.37 Å². The van der Waals surface area contributed by atoms with Crippen LogP contribution in [0.3, 0.4) is 0 Å². The van der Waals surface area contributed by atoms with Crippen molar-refractivity contribution < 1.29 is 12.8 Å². The number of hydrogen-bond donors (Lipinski definition) is 1. The van der Waals surface area contributed by atoms with E-state index in [1.54, 1.807) is 0 Å². The van der Waals surface area contributed by atoms with E-state index in [4.69, 9.17) is 0 Å². The molecular weight excluding hydrogens is 235 g/mol. The lowest BCUT2D eigenvalue weighted by atomic mass is 10.3. The number of halogens is 2. The molecule has 5 heteroatoms. The molecule has 0 aliphatic heterocycles. The second kappa shape index (κ2) is 3.32. The summed E-state index contributed by atoms with van der Waals surface area (Å²) in [6.07, 6.45) is 0. The van der Waals surface area contributed by atoms with Crippen LogP contribution in [0, 0.1) is 5.82 Å². The van der Waals surface area contributed by atoms with Gasteiger partial charge in [0.2, 0.25) is 0 Å². The van der Waals surface area contributed by atoms with Crippen molar-refractivity contribution in [2.45, 2.75) is 4.90 Å². The second-order valence-corrected chi connectivity index (χ2v) is 3.74. The molecule has 0 aliphatic carbocycles. The normalized spacial score (nSPS) is 10.5. The van der Waals surface area contributed by atoms with Crippen LogP contribution in [0.2, 0.25) is 0 Å². The lowest BCUT2D eigenvalue weighted by molar-refractivity contribution is 0.603. The van der Waals surface area contributed by atoms with Crippen LogP contribution in [0.1, 0.15) is 0 Å². The molecule has 11 heavy (non-hydrogen) atoms. The third kappa shape index (κ3) is 2.00. The summed E-state index contributed by atoms with van der Waals surface area (Å²) in [5.74, 6) is -0.568. The van der Waals surface area contributed by atoms with Crippen molar-refractivity contribution in [3.05, 3.63) is 28.5 Å². The van der Waals surface area contributed by atoms with Gasteiger partial charge in [0.1, 0.15) is 5.82 Å². The zero-order chi connectivity index (χ0) is 8.43. The summed E-state index contributed by atoms with van der Waals surface area (Å²) in [6, 6.07) is 3.66. The predicted octanol–water partition coefficient (Wildman–Crippen LogP) is 1.56. The molecule has 0 saturated heterocycles. The summed E-state index contributed by atoms with van der Waals surface area (Å²) < 4.78 is 33.5. The topological polar surface area (TPSA) is 34.1 Å². The van der Waals surface area contributed by atoms with E-state index < -0.39 is 16.5 Å². The molecule has 0 amide bonds. The fourth-order valence-electron chi connectivity index (χ4n) is 0.599. The third-order valence-corrected chi connectivity index (χ3v) is 2.46. The standard InChI is InChI=1S/C6H4BrFO2S/c7-5-2-1-4(11(9)10)3-6(5)8/h1-3,11H. The number of rotatable bonds is 1. The molecule has 0 fully saturated rings. The first-order valence-electron chi connectivity index (χ1n) is 2.70. The maximum atomic E-state index is 12.6. The van der Waals surface area contributed by atoms with Gasteiger partial charge in [0, 0.05) is 0 Å². The fourth-order valence-corrected chi connectivity index (χ4v) is 1.26. The molecule has 1 rings (SSSR count). The molecule has 0 aliphatic rings. The van der Waals surface area contributed by atoms with Gasteiger partial charge in [-0.15, -0.1) is 0 Å². The van der Waals surface area contributed by atoms with Gasteiger partial charge >= 0.3 is 0 Å². The van der Waals surface area contributed by atoms with Crippen LogP contribution in [0.5, 0.6) is 0 Å². The van der Waals surface area contributed by atoms with Crippen LogP contribution >= 0.6 is 15.9 Å². The average Bonchev–Trinajstić information content (AvgIpc) is 1.94. The summed E-state index contributed by atoms with van der Waals surface area (Å²) in [4.78, 5) is -0.0132. The van der Waals surface area contributed by atoms with Gasteiger partial charge in [0.15, 0.2) is 10.7 Å². The van der Waals surface area contributed by atoms with Gasteiger partial charge < -0.3 is 0 Å². The Balaban J connectivity index is 3.26. The summed E-state index contributed by atoms with van der Waals surface area (Å²) in [6.45, 7) is 0. The van der Waals surface area contributed by atoms with Crippen molar-refractivity contribution in [2.75, 3.05) is 0 Å². The van der Waals surface area contributed by atoms with Gasteiger partial charge in [0.25, 0.3) is 0 Å². The summed E-state index contributed by atoms with van der Waals surface area (Å²) in [5, 5.41) is 0. The predicted molar refractivity (Wildman–Crippen MR) is 42.7 cm³/mol. The molecule has 0 radical (unpaired) electrons. The Kier molecular flexibility index (Phi) is 2.62. The Morgan fingerprint density at radius 1 is 1.36 bits per heavy atom. The minimum Gasteiger partial charge on any atom is -0.227 e. The molecule has 0 heterocycles. The van der Waals surface area contributed by atoms with Gasteiger partial charge in [-0.1, -0.05) is 0 Å². The first-order valence-corrected chi connectivity index (χ1v) is 4.68. The Hall–Kier alpha value is -0.420. The van der Waals surface area contributed by atoms with E-state index in [2.05, 4.69) is 15.9 Å². The highest BCUT2D eigenvalue weighted by Gasteiger charge is 2.00. The third-order valence-electron chi connectivity index (χ3n) is 1.11. The van der Waals surface area contributed by atoms with Crippen LogP contribution in [0.25, 0.3) is 0 Å². The van der Waals surface area contributed by atoms with E-state index in [0.29, 0.717) is 0 Å². The molecule has 0 unspecified atom stereocenters. The van der Waals surface area contributed by atoms with Gasteiger partial charge in [-0.05, 0) is 34.1 Å². The zero-order valence-corrected chi connectivity index (χ0v) is 7.73. The smallest absolute Gasteiger partial charge is 0.168 e. The molecule has 0 spiro atoms. The van der Waals surface area contributed by atoms with E-state index in [0.717, 1.165) is 6.07 Å². The van der Waals surface area contributed by atoms with Crippen LogP contribution < -0.4 is 0 Å². The largest absolute Gasteiger partial charge is 0.227 e. The lowest BCUT2D eigenvalue weighted by Crippen LogP contribution is -1.83. The SMILES string of the molecule is O=[SH](=O)c1ccc(Br)c(F)c1. The van der Waals surface area contributed by atoms with Gasteiger partial charge in [-0.2, -0.15) is 0 Å². The molecule has 0 saturated carbocycles. The fraction of sp³-hybridized carbons (Fsp3) is 0. The molecule has 2 nitrogen and oxygen atoms in total. The number of thiol groups is 1. The second-order valence-electron chi connectivity index (χ2n) is 1.86. The number of hydrogen-bond acceptors (Lipinski definition) is 2. The minimum absolute atomic E-state index is 0.0132. The minimum atomic E-state index is -2.68. The van der Waals surface area contributed by atoms with Gasteiger partial charge in [-0.25, -0.2) is 12.8 Å². The highest BCUT2D eigenvalue weighted by atomic mass is 79.9. The van der Waals surface area contributed by atoms with Crippen molar-refractivity contribution in [1.82, 2.24) is 0 Å². The number of benzene rings is 1. The maximum Gasteiger partial charge on any atom is 0.168 e. The molecule has 0 atom stereocenters.